The number of aromatic nitrogens is 2. The van der Waals surface area contributed by atoms with Gasteiger partial charge in [-0.05, 0) is 31.6 Å². The van der Waals surface area contributed by atoms with Gasteiger partial charge in [0.05, 0.1) is 12.4 Å². The van der Waals surface area contributed by atoms with Gasteiger partial charge in [-0.25, -0.2) is 10.8 Å². The lowest BCUT2D eigenvalue weighted by Crippen LogP contribution is -2.39. The Kier molecular flexibility index (Phi) is 3.82. The normalized spacial score (nSPS) is 23.2. The highest BCUT2D eigenvalue weighted by Gasteiger charge is 2.36. The number of nitrogens with one attached hydrogen (secondary N) is 1. The fourth-order valence-corrected chi connectivity index (χ4v) is 3.56. The molecule has 3 N–H and O–H groups in total. The number of amides is 1. The molecule has 0 spiro atoms. The van der Waals surface area contributed by atoms with E-state index in [0.29, 0.717) is 23.5 Å². The Morgan fingerprint density at radius 1 is 1.25 bits per heavy atom. The molecule has 2 heterocycles. The van der Waals surface area contributed by atoms with Crippen LogP contribution in [0.1, 0.15) is 49.0 Å². The van der Waals surface area contributed by atoms with E-state index in [1.54, 1.807) is 0 Å². The zero-order valence-electron chi connectivity index (χ0n) is 11.6. The molecule has 1 amide bonds. The monoisotopic (exact) mass is 275 g/mol. The van der Waals surface area contributed by atoms with Gasteiger partial charge in [-0.3, -0.25) is 9.78 Å². The summed E-state index contributed by atoms with van der Waals surface area (Å²) >= 11 is 0. The molecular formula is C14H21N5O. The molecule has 20 heavy (non-hydrogen) atoms. The van der Waals surface area contributed by atoms with Gasteiger partial charge in [-0.2, -0.15) is 0 Å². The number of anilines is 1. The highest BCUT2D eigenvalue weighted by atomic mass is 16.2. The van der Waals surface area contributed by atoms with Gasteiger partial charge in [0.25, 0.3) is 5.91 Å². The number of hydrogen-bond donors (Lipinski definition) is 2. The third-order valence-electron chi connectivity index (χ3n) is 4.51. The zero-order valence-corrected chi connectivity index (χ0v) is 11.6. The molecule has 1 saturated heterocycles. The van der Waals surface area contributed by atoms with Crippen LogP contribution in [0.25, 0.3) is 0 Å². The van der Waals surface area contributed by atoms with Gasteiger partial charge < -0.3 is 10.3 Å². The molecule has 1 aliphatic heterocycles. The van der Waals surface area contributed by atoms with Crippen molar-refractivity contribution < 1.29 is 4.79 Å². The van der Waals surface area contributed by atoms with Gasteiger partial charge in [-0.15, -0.1) is 0 Å². The number of likely N-dealkylation sites (tertiary alicyclic amines) is 1. The topological polar surface area (TPSA) is 84.1 Å². The van der Waals surface area contributed by atoms with Crippen molar-refractivity contribution in [2.45, 2.75) is 44.6 Å². The van der Waals surface area contributed by atoms with Crippen molar-refractivity contribution in [1.29, 1.82) is 0 Å². The predicted octanol–water partition coefficient (Wildman–Crippen LogP) is 1.56. The summed E-state index contributed by atoms with van der Waals surface area (Å²) in [6.45, 7) is 0.835. The summed E-state index contributed by atoms with van der Waals surface area (Å²) in [4.78, 5) is 22.9. The molecule has 2 aliphatic rings. The zero-order chi connectivity index (χ0) is 13.9. The number of nitrogens with two attached hydrogens (primary N) is 1. The molecule has 1 aliphatic carbocycles. The summed E-state index contributed by atoms with van der Waals surface area (Å²) in [5.41, 5.74) is 2.81. The first-order chi connectivity index (χ1) is 9.79. The summed E-state index contributed by atoms with van der Waals surface area (Å²) in [6, 6.07) is 0.390. The van der Waals surface area contributed by atoms with Crippen LogP contribution in [0, 0.1) is 5.92 Å². The van der Waals surface area contributed by atoms with Crippen LogP contribution in [0.2, 0.25) is 0 Å². The fourth-order valence-electron chi connectivity index (χ4n) is 3.56. The van der Waals surface area contributed by atoms with Crippen LogP contribution in [-0.4, -0.2) is 33.4 Å². The Bertz CT molecular complexity index is 486. The highest BCUT2D eigenvalue weighted by Crippen LogP contribution is 2.35. The number of nitrogens with zero attached hydrogens (tertiary/aromatic N) is 3. The van der Waals surface area contributed by atoms with E-state index < -0.39 is 0 Å². The van der Waals surface area contributed by atoms with Crippen molar-refractivity contribution in [2.75, 3.05) is 12.0 Å². The Morgan fingerprint density at radius 3 is 2.80 bits per heavy atom. The van der Waals surface area contributed by atoms with Gasteiger partial charge in [0.1, 0.15) is 5.69 Å². The van der Waals surface area contributed by atoms with Crippen LogP contribution in [0.4, 0.5) is 5.82 Å². The lowest BCUT2D eigenvalue weighted by Gasteiger charge is -2.29. The molecule has 0 bridgehead atoms. The molecule has 1 unspecified atom stereocenters. The van der Waals surface area contributed by atoms with Gasteiger partial charge >= 0.3 is 0 Å². The van der Waals surface area contributed by atoms with Gasteiger partial charge in [0.2, 0.25) is 0 Å². The van der Waals surface area contributed by atoms with E-state index in [2.05, 4.69) is 15.4 Å². The Hall–Kier alpha value is -1.69. The third kappa shape index (κ3) is 2.47. The standard InChI is InChI=1S/C14H21N5O/c15-18-13-9-16-8-11(17-13)14(20)19-7-3-6-12(19)10-4-1-2-5-10/h8-10,12H,1-7,15H2,(H,17,18). The summed E-state index contributed by atoms with van der Waals surface area (Å²) in [5.74, 6) is 6.41. The van der Waals surface area contributed by atoms with Crippen LogP contribution < -0.4 is 11.3 Å². The first-order valence-electron chi connectivity index (χ1n) is 7.39. The van der Waals surface area contributed by atoms with Gasteiger partial charge in [-0.1, -0.05) is 12.8 Å². The fraction of sp³-hybridized carbons (Fsp3) is 0.643. The summed E-state index contributed by atoms with van der Waals surface area (Å²) in [7, 11) is 0. The minimum Gasteiger partial charge on any atom is -0.334 e. The Morgan fingerprint density at radius 2 is 2.05 bits per heavy atom. The van der Waals surface area contributed by atoms with Crippen LogP contribution in [0.15, 0.2) is 12.4 Å². The van der Waals surface area contributed by atoms with Crippen LogP contribution in [-0.2, 0) is 0 Å². The second-order valence-corrected chi connectivity index (χ2v) is 5.69. The first-order valence-corrected chi connectivity index (χ1v) is 7.39. The predicted molar refractivity (Wildman–Crippen MR) is 75.9 cm³/mol. The first kappa shape index (κ1) is 13.3. The molecule has 108 valence electrons. The number of carbonyl (C=O) groups is 1. The third-order valence-corrected chi connectivity index (χ3v) is 4.51. The second-order valence-electron chi connectivity index (χ2n) is 5.69. The van der Waals surface area contributed by atoms with Crippen LogP contribution in [0.3, 0.4) is 0 Å². The molecule has 6 nitrogen and oxygen atoms in total. The summed E-state index contributed by atoms with van der Waals surface area (Å²) in [5, 5.41) is 0. The minimum atomic E-state index is -0.0102. The van der Waals surface area contributed by atoms with E-state index in [9.17, 15) is 4.79 Å². The molecule has 2 fully saturated rings. The van der Waals surface area contributed by atoms with Crippen molar-refractivity contribution in [2.24, 2.45) is 11.8 Å². The second kappa shape index (κ2) is 5.75. The molecule has 3 rings (SSSR count). The van der Waals surface area contributed by atoms with Crippen molar-refractivity contribution in [3.8, 4) is 0 Å². The molecule has 6 heteroatoms. The average molecular weight is 275 g/mol. The summed E-state index contributed by atoms with van der Waals surface area (Å²) < 4.78 is 0. The number of nitrogen functional groups attached to an aromatic ring is 1. The average Bonchev–Trinajstić information content (AvgIpc) is 3.16. The van der Waals surface area contributed by atoms with E-state index in [-0.39, 0.29) is 5.91 Å². The number of carbonyl (C=O) groups excluding carboxylic acids is 1. The number of hydrazine groups is 1. The maximum atomic E-state index is 12.6. The molecule has 1 saturated carbocycles. The van der Waals surface area contributed by atoms with Crippen molar-refractivity contribution in [3.05, 3.63) is 18.1 Å². The largest absolute Gasteiger partial charge is 0.334 e. The molecule has 1 aromatic heterocycles. The summed E-state index contributed by atoms with van der Waals surface area (Å²) in [6.07, 6.45) is 10.4. The van der Waals surface area contributed by atoms with Crippen LogP contribution >= 0.6 is 0 Å². The lowest BCUT2D eigenvalue weighted by atomic mass is 9.96. The van der Waals surface area contributed by atoms with E-state index in [1.807, 2.05) is 4.90 Å². The number of rotatable bonds is 3. The SMILES string of the molecule is NNc1cncc(C(=O)N2CCCC2C2CCCC2)n1. The molecule has 0 radical (unpaired) electrons. The van der Waals surface area contributed by atoms with Crippen molar-refractivity contribution in [3.63, 3.8) is 0 Å². The minimum absolute atomic E-state index is 0.0102. The van der Waals surface area contributed by atoms with Gasteiger partial charge in [0, 0.05) is 12.6 Å². The Balaban J connectivity index is 1.77. The van der Waals surface area contributed by atoms with Crippen molar-refractivity contribution >= 4 is 11.7 Å². The highest BCUT2D eigenvalue weighted by molar-refractivity contribution is 5.92. The Labute approximate surface area is 118 Å². The van der Waals surface area contributed by atoms with Crippen molar-refractivity contribution in [1.82, 2.24) is 14.9 Å². The number of hydrogen-bond acceptors (Lipinski definition) is 5. The molecule has 0 aromatic carbocycles. The molecular weight excluding hydrogens is 254 g/mol. The maximum absolute atomic E-state index is 12.6. The van der Waals surface area contributed by atoms with E-state index in [4.69, 9.17) is 5.84 Å². The molecule has 1 atom stereocenters. The van der Waals surface area contributed by atoms with E-state index >= 15 is 0 Å². The van der Waals surface area contributed by atoms with Gasteiger partial charge in [0.15, 0.2) is 5.82 Å². The van der Waals surface area contributed by atoms with E-state index in [0.717, 1.165) is 19.4 Å². The molecule has 1 aromatic rings. The van der Waals surface area contributed by atoms with E-state index in [1.165, 1.54) is 38.1 Å². The van der Waals surface area contributed by atoms with Crippen LogP contribution in [0.5, 0.6) is 0 Å². The lowest BCUT2D eigenvalue weighted by molar-refractivity contribution is 0.0682. The quantitative estimate of drug-likeness (QED) is 0.646. The smallest absolute Gasteiger partial charge is 0.274 e. The maximum Gasteiger partial charge on any atom is 0.274 e.